The number of carbonyl (C=O) groups excluding carboxylic acids is 3. The quantitative estimate of drug-likeness (QED) is 0.786. The van der Waals surface area contributed by atoms with E-state index < -0.39 is 0 Å². The van der Waals surface area contributed by atoms with Gasteiger partial charge in [-0.05, 0) is 31.2 Å². The first-order chi connectivity index (χ1) is 10.8. The number of carbonyl (C=O) groups is 3. The van der Waals surface area contributed by atoms with E-state index in [1.165, 1.54) is 16.8 Å². The minimum Gasteiger partial charge on any atom is -0.494 e. The second kappa shape index (κ2) is 8.77. The minimum atomic E-state index is -0.353. The highest BCUT2D eigenvalue weighted by atomic mass is 16.5. The van der Waals surface area contributed by atoms with Crippen molar-refractivity contribution in [2.24, 2.45) is 0 Å². The number of benzene rings is 1. The highest BCUT2D eigenvalue weighted by Crippen LogP contribution is 2.11. The molecule has 1 aromatic rings. The minimum absolute atomic E-state index is 0.0231. The van der Waals surface area contributed by atoms with Crippen molar-refractivity contribution in [2.45, 2.75) is 6.92 Å². The standard InChI is InChI=1S/C16H23N3O4/c1-5-23-13-8-6-12(7-9-13)16(22)17-10-14(20)19(4)11-15(21)18(2)3/h6-9H,5,10-11H2,1-4H3,(H,17,22). The van der Waals surface area contributed by atoms with Gasteiger partial charge in [-0.2, -0.15) is 0 Å². The average molecular weight is 321 g/mol. The summed E-state index contributed by atoms with van der Waals surface area (Å²) in [6, 6.07) is 6.65. The second-order valence-corrected chi connectivity index (χ2v) is 5.18. The molecule has 0 radical (unpaired) electrons. The predicted octanol–water partition coefficient (Wildman–Crippen LogP) is 0.362. The highest BCUT2D eigenvalue weighted by Gasteiger charge is 2.15. The summed E-state index contributed by atoms with van der Waals surface area (Å²) in [6.45, 7) is 2.25. The first-order valence-electron chi connectivity index (χ1n) is 7.30. The van der Waals surface area contributed by atoms with Gasteiger partial charge in [0.1, 0.15) is 5.75 Å². The molecule has 0 aliphatic carbocycles. The van der Waals surface area contributed by atoms with Crippen molar-refractivity contribution in [1.29, 1.82) is 0 Å². The van der Waals surface area contributed by atoms with Gasteiger partial charge in [0.2, 0.25) is 11.8 Å². The Kier molecular flexibility index (Phi) is 7.05. The summed E-state index contributed by atoms with van der Waals surface area (Å²) in [5.41, 5.74) is 0.438. The van der Waals surface area contributed by atoms with E-state index in [-0.39, 0.29) is 30.8 Å². The fourth-order valence-electron chi connectivity index (χ4n) is 1.69. The van der Waals surface area contributed by atoms with Crippen molar-refractivity contribution < 1.29 is 19.1 Å². The van der Waals surface area contributed by atoms with Crippen LogP contribution in [-0.4, -0.2) is 68.4 Å². The first kappa shape index (κ1) is 18.5. The molecule has 0 saturated carbocycles. The van der Waals surface area contributed by atoms with Gasteiger partial charge in [0.25, 0.3) is 5.91 Å². The molecule has 0 spiro atoms. The zero-order chi connectivity index (χ0) is 17.4. The number of nitrogens with one attached hydrogen (secondary N) is 1. The van der Waals surface area contributed by atoms with Crippen LogP contribution < -0.4 is 10.1 Å². The maximum absolute atomic E-state index is 12.0. The summed E-state index contributed by atoms with van der Waals surface area (Å²) in [5, 5.41) is 2.54. The van der Waals surface area contributed by atoms with Gasteiger partial charge in [-0.3, -0.25) is 14.4 Å². The number of ether oxygens (including phenoxy) is 1. The molecule has 1 N–H and O–H groups in total. The fourth-order valence-corrected chi connectivity index (χ4v) is 1.69. The van der Waals surface area contributed by atoms with Crippen molar-refractivity contribution in [3.8, 4) is 5.75 Å². The molecule has 0 saturated heterocycles. The lowest BCUT2D eigenvalue weighted by Crippen LogP contribution is -2.42. The van der Waals surface area contributed by atoms with E-state index in [9.17, 15) is 14.4 Å². The number of nitrogens with zero attached hydrogens (tertiary/aromatic N) is 2. The highest BCUT2D eigenvalue weighted by molar-refractivity contribution is 5.96. The predicted molar refractivity (Wildman–Crippen MR) is 86.3 cm³/mol. The topological polar surface area (TPSA) is 79.0 Å². The maximum Gasteiger partial charge on any atom is 0.251 e. The zero-order valence-corrected chi connectivity index (χ0v) is 14.0. The molecule has 0 heterocycles. The van der Waals surface area contributed by atoms with Gasteiger partial charge in [0, 0.05) is 26.7 Å². The number of likely N-dealkylation sites (N-methyl/N-ethyl adjacent to an activating group) is 2. The summed E-state index contributed by atoms with van der Waals surface area (Å²) >= 11 is 0. The third-order valence-corrected chi connectivity index (χ3v) is 3.12. The summed E-state index contributed by atoms with van der Waals surface area (Å²) in [5.74, 6) is -0.186. The van der Waals surface area contributed by atoms with Crippen molar-refractivity contribution in [2.75, 3.05) is 40.8 Å². The van der Waals surface area contributed by atoms with Crippen LogP contribution >= 0.6 is 0 Å². The van der Waals surface area contributed by atoms with Gasteiger partial charge in [-0.1, -0.05) is 0 Å². The first-order valence-corrected chi connectivity index (χ1v) is 7.30. The van der Waals surface area contributed by atoms with Crippen LogP contribution in [0.3, 0.4) is 0 Å². The largest absolute Gasteiger partial charge is 0.494 e. The lowest BCUT2D eigenvalue weighted by molar-refractivity contribution is -0.137. The fraction of sp³-hybridized carbons (Fsp3) is 0.438. The van der Waals surface area contributed by atoms with E-state index in [0.717, 1.165) is 0 Å². The normalized spacial score (nSPS) is 9.91. The summed E-state index contributed by atoms with van der Waals surface area (Å²) in [7, 11) is 4.76. The Morgan fingerprint density at radius 1 is 1.04 bits per heavy atom. The molecule has 0 aromatic heterocycles. The number of hydrogen-bond acceptors (Lipinski definition) is 4. The molecule has 0 bridgehead atoms. The van der Waals surface area contributed by atoms with Crippen LogP contribution in [0.4, 0.5) is 0 Å². The van der Waals surface area contributed by atoms with E-state index in [1.807, 2.05) is 6.92 Å². The number of amides is 3. The molecule has 1 rings (SSSR count). The molecule has 0 unspecified atom stereocenters. The van der Waals surface area contributed by atoms with Gasteiger partial charge in [-0.25, -0.2) is 0 Å². The molecule has 0 fully saturated rings. The average Bonchev–Trinajstić information content (AvgIpc) is 2.53. The van der Waals surface area contributed by atoms with E-state index in [1.54, 1.807) is 38.4 Å². The van der Waals surface area contributed by atoms with Crippen LogP contribution in [0.25, 0.3) is 0 Å². The number of rotatable bonds is 7. The molecular weight excluding hydrogens is 298 g/mol. The van der Waals surface area contributed by atoms with Gasteiger partial charge >= 0.3 is 0 Å². The van der Waals surface area contributed by atoms with Crippen LogP contribution in [0.5, 0.6) is 5.75 Å². The Hall–Kier alpha value is -2.57. The Bertz CT molecular complexity index is 555. The summed E-state index contributed by atoms with van der Waals surface area (Å²) in [4.78, 5) is 38.1. The van der Waals surface area contributed by atoms with Crippen LogP contribution in [-0.2, 0) is 9.59 Å². The second-order valence-electron chi connectivity index (χ2n) is 5.18. The van der Waals surface area contributed by atoms with Crippen molar-refractivity contribution in [3.63, 3.8) is 0 Å². The van der Waals surface area contributed by atoms with Crippen molar-refractivity contribution >= 4 is 17.7 Å². The van der Waals surface area contributed by atoms with Gasteiger partial charge in [0.05, 0.1) is 19.7 Å². The Balaban J connectivity index is 2.48. The third-order valence-electron chi connectivity index (χ3n) is 3.12. The molecule has 126 valence electrons. The maximum atomic E-state index is 12.0. The van der Waals surface area contributed by atoms with Crippen LogP contribution in [0.2, 0.25) is 0 Å². The van der Waals surface area contributed by atoms with Crippen LogP contribution in [0.15, 0.2) is 24.3 Å². The zero-order valence-electron chi connectivity index (χ0n) is 14.0. The Labute approximate surface area is 136 Å². The lowest BCUT2D eigenvalue weighted by atomic mass is 10.2. The Morgan fingerprint density at radius 3 is 2.17 bits per heavy atom. The summed E-state index contributed by atoms with van der Waals surface area (Å²) in [6.07, 6.45) is 0. The van der Waals surface area contributed by atoms with E-state index in [2.05, 4.69) is 5.32 Å². The Morgan fingerprint density at radius 2 is 1.65 bits per heavy atom. The van der Waals surface area contributed by atoms with Gasteiger partial charge < -0.3 is 19.9 Å². The van der Waals surface area contributed by atoms with Gasteiger partial charge in [-0.15, -0.1) is 0 Å². The molecule has 0 atom stereocenters. The van der Waals surface area contributed by atoms with Crippen molar-refractivity contribution in [1.82, 2.24) is 15.1 Å². The van der Waals surface area contributed by atoms with E-state index in [0.29, 0.717) is 17.9 Å². The molecule has 7 heteroatoms. The molecule has 23 heavy (non-hydrogen) atoms. The monoisotopic (exact) mass is 321 g/mol. The van der Waals surface area contributed by atoms with E-state index >= 15 is 0 Å². The van der Waals surface area contributed by atoms with E-state index in [4.69, 9.17) is 4.74 Å². The van der Waals surface area contributed by atoms with Crippen molar-refractivity contribution in [3.05, 3.63) is 29.8 Å². The summed E-state index contributed by atoms with van der Waals surface area (Å²) < 4.78 is 5.30. The molecule has 3 amide bonds. The third kappa shape index (κ3) is 5.98. The SMILES string of the molecule is CCOc1ccc(C(=O)NCC(=O)N(C)CC(=O)N(C)C)cc1. The van der Waals surface area contributed by atoms with Gasteiger partial charge in [0.15, 0.2) is 0 Å². The molecular formula is C16H23N3O4. The molecule has 1 aromatic carbocycles. The number of hydrogen-bond donors (Lipinski definition) is 1. The van der Waals surface area contributed by atoms with Crippen LogP contribution in [0.1, 0.15) is 17.3 Å². The molecule has 0 aliphatic heterocycles. The lowest BCUT2D eigenvalue weighted by Gasteiger charge is -2.19. The molecule has 7 nitrogen and oxygen atoms in total. The molecule has 0 aliphatic rings. The smallest absolute Gasteiger partial charge is 0.251 e. The van der Waals surface area contributed by atoms with Crippen LogP contribution in [0, 0.1) is 0 Å².